The summed E-state index contributed by atoms with van der Waals surface area (Å²) in [5, 5.41) is 20.4. The number of hydrogen-bond donors (Lipinski definition) is 2. The Labute approximate surface area is 285 Å². The molecule has 0 heterocycles. The minimum atomic E-state index is 0. The standard InChI is InChI=1S/C20H34O2.C20H32O2.2CH4/c2*1-5-6-7-8-9-10-11-12-13-14-18-17(4)19(21)15(2)16(3)20(18)22;;/h21-22H,5-14H2,1-4H3;5-14H2,1-4H3;2*1H4. The van der Waals surface area contributed by atoms with E-state index in [9.17, 15) is 19.8 Å². The third-order valence-corrected chi connectivity index (χ3v) is 9.74. The first kappa shape index (κ1) is 45.8. The van der Waals surface area contributed by atoms with Crippen molar-refractivity contribution >= 4 is 11.6 Å². The van der Waals surface area contributed by atoms with Crippen LogP contribution in [0.15, 0.2) is 22.3 Å². The van der Waals surface area contributed by atoms with Gasteiger partial charge in [0.05, 0.1) is 0 Å². The summed E-state index contributed by atoms with van der Waals surface area (Å²) < 4.78 is 0. The van der Waals surface area contributed by atoms with Gasteiger partial charge >= 0.3 is 0 Å². The van der Waals surface area contributed by atoms with Crippen molar-refractivity contribution in [3.63, 3.8) is 0 Å². The van der Waals surface area contributed by atoms with Gasteiger partial charge in [-0.3, -0.25) is 9.59 Å². The molecule has 0 saturated carbocycles. The van der Waals surface area contributed by atoms with Crippen molar-refractivity contribution in [1.82, 2.24) is 0 Å². The second-order valence-electron chi connectivity index (χ2n) is 13.2. The zero-order valence-corrected chi connectivity index (χ0v) is 29.9. The van der Waals surface area contributed by atoms with Crippen LogP contribution in [0.3, 0.4) is 0 Å². The van der Waals surface area contributed by atoms with E-state index in [1.54, 1.807) is 20.8 Å². The summed E-state index contributed by atoms with van der Waals surface area (Å²) in [5.74, 6) is 0.880. The van der Waals surface area contributed by atoms with Crippen LogP contribution in [0.1, 0.15) is 194 Å². The Kier molecular flexibility index (Phi) is 25.6. The van der Waals surface area contributed by atoms with E-state index < -0.39 is 0 Å². The molecule has 1 aromatic carbocycles. The molecule has 1 aliphatic rings. The molecule has 0 radical (unpaired) electrons. The summed E-state index contributed by atoms with van der Waals surface area (Å²) in [4.78, 5) is 24.4. The quantitative estimate of drug-likeness (QED) is 0.0843. The first-order chi connectivity index (χ1) is 21.0. The van der Waals surface area contributed by atoms with Crippen LogP contribution in [0.4, 0.5) is 0 Å². The molecule has 4 heteroatoms. The van der Waals surface area contributed by atoms with Crippen LogP contribution < -0.4 is 0 Å². The number of aromatic hydroxyl groups is 2. The molecular formula is C42H74O4. The molecule has 1 aromatic rings. The second-order valence-corrected chi connectivity index (χ2v) is 13.2. The Morgan fingerprint density at radius 3 is 1.20 bits per heavy atom. The molecule has 0 bridgehead atoms. The predicted octanol–water partition coefficient (Wildman–Crippen LogP) is 13.1. The van der Waals surface area contributed by atoms with Gasteiger partial charge in [-0.2, -0.15) is 0 Å². The fraction of sp³-hybridized carbons (Fsp3) is 0.714. The number of carbonyl (C=O) groups is 2. The number of unbranched alkanes of at least 4 members (excludes halogenated alkanes) is 16. The van der Waals surface area contributed by atoms with Gasteiger partial charge in [-0.25, -0.2) is 0 Å². The van der Waals surface area contributed by atoms with Crippen LogP contribution in [0, 0.1) is 20.8 Å². The topological polar surface area (TPSA) is 74.6 Å². The van der Waals surface area contributed by atoms with Crippen molar-refractivity contribution in [2.45, 2.75) is 199 Å². The van der Waals surface area contributed by atoms with Crippen LogP contribution in [0.5, 0.6) is 11.5 Å². The SMILES string of the molecule is C.C.CCCCCCCCCCCC1=C(C)C(=O)C(C)=C(C)C1=O.CCCCCCCCCCCc1c(C)c(O)c(C)c(C)c1O. The maximum Gasteiger partial charge on any atom is 0.185 e. The van der Waals surface area contributed by atoms with Crippen molar-refractivity contribution in [2.75, 3.05) is 0 Å². The molecule has 0 atom stereocenters. The summed E-state index contributed by atoms with van der Waals surface area (Å²) in [5.41, 5.74) is 6.09. The number of carbonyl (C=O) groups excluding carboxylic acids is 2. The molecule has 0 fully saturated rings. The van der Waals surface area contributed by atoms with Crippen molar-refractivity contribution in [1.29, 1.82) is 0 Å². The van der Waals surface area contributed by atoms with E-state index in [0.29, 0.717) is 28.2 Å². The largest absolute Gasteiger partial charge is 0.507 e. The summed E-state index contributed by atoms with van der Waals surface area (Å²) in [6, 6.07) is 0. The lowest BCUT2D eigenvalue weighted by molar-refractivity contribution is -0.116. The molecule has 0 aliphatic heterocycles. The van der Waals surface area contributed by atoms with Crippen LogP contribution in [0.2, 0.25) is 0 Å². The van der Waals surface area contributed by atoms with Gasteiger partial charge in [-0.1, -0.05) is 131 Å². The molecule has 2 rings (SSSR count). The fourth-order valence-corrected chi connectivity index (χ4v) is 6.17. The van der Waals surface area contributed by atoms with Gasteiger partial charge in [0.2, 0.25) is 0 Å². The lowest BCUT2D eigenvalue weighted by Gasteiger charge is -2.18. The normalized spacial score (nSPS) is 13.0. The summed E-state index contributed by atoms with van der Waals surface area (Å²) in [6.45, 7) is 15.5. The Morgan fingerprint density at radius 2 is 0.761 bits per heavy atom. The minimum Gasteiger partial charge on any atom is -0.507 e. The molecule has 0 amide bonds. The summed E-state index contributed by atoms with van der Waals surface area (Å²) >= 11 is 0. The van der Waals surface area contributed by atoms with Gasteiger partial charge in [0.1, 0.15) is 11.5 Å². The van der Waals surface area contributed by atoms with Crippen LogP contribution in [-0.2, 0) is 16.0 Å². The third kappa shape index (κ3) is 15.0. The van der Waals surface area contributed by atoms with E-state index >= 15 is 0 Å². The van der Waals surface area contributed by atoms with E-state index in [1.165, 1.54) is 96.3 Å². The monoisotopic (exact) mass is 643 g/mol. The maximum atomic E-state index is 12.3. The van der Waals surface area contributed by atoms with Crippen LogP contribution >= 0.6 is 0 Å². The average Bonchev–Trinajstić information content (AvgIpc) is 3.02. The van der Waals surface area contributed by atoms with Gasteiger partial charge in [0.25, 0.3) is 0 Å². The number of rotatable bonds is 20. The van der Waals surface area contributed by atoms with Gasteiger partial charge < -0.3 is 10.2 Å². The molecule has 2 N–H and O–H groups in total. The Bertz CT molecular complexity index is 1080. The first-order valence-corrected chi connectivity index (χ1v) is 18.0. The molecule has 46 heavy (non-hydrogen) atoms. The fourth-order valence-electron chi connectivity index (χ4n) is 6.17. The van der Waals surface area contributed by atoms with Gasteiger partial charge in [0, 0.05) is 27.9 Å². The third-order valence-electron chi connectivity index (χ3n) is 9.74. The average molecular weight is 643 g/mol. The second kappa shape index (κ2) is 25.7. The molecule has 0 unspecified atom stereocenters. The van der Waals surface area contributed by atoms with E-state index in [2.05, 4.69) is 13.8 Å². The van der Waals surface area contributed by atoms with Crippen molar-refractivity contribution in [3.8, 4) is 11.5 Å². The Morgan fingerprint density at radius 1 is 0.413 bits per heavy atom. The number of ketones is 2. The van der Waals surface area contributed by atoms with Crippen LogP contribution in [-0.4, -0.2) is 21.8 Å². The van der Waals surface area contributed by atoms with Crippen molar-refractivity contribution in [3.05, 3.63) is 44.5 Å². The summed E-state index contributed by atoms with van der Waals surface area (Å²) in [6.07, 6.45) is 24.8. The van der Waals surface area contributed by atoms with Crippen molar-refractivity contribution < 1.29 is 19.8 Å². The highest BCUT2D eigenvalue weighted by Crippen LogP contribution is 2.37. The van der Waals surface area contributed by atoms with Crippen molar-refractivity contribution in [2.24, 2.45) is 0 Å². The highest BCUT2D eigenvalue weighted by Gasteiger charge is 2.27. The van der Waals surface area contributed by atoms with Gasteiger partial charge in [0.15, 0.2) is 11.6 Å². The molecule has 1 aliphatic carbocycles. The molecule has 266 valence electrons. The number of Topliss-reactive ketones (excluding diaryl/α,β-unsaturated/α-hetero) is 2. The van der Waals surface area contributed by atoms with Crippen LogP contribution in [0.25, 0.3) is 0 Å². The highest BCUT2D eigenvalue weighted by molar-refractivity contribution is 6.24. The number of benzene rings is 1. The predicted molar refractivity (Wildman–Crippen MR) is 201 cm³/mol. The number of phenols is 2. The number of hydrogen-bond acceptors (Lipinski definition) is 4. The minimum absolute atomic E-state index is 0. The maximum absolute atomic E-state index is 12.3. The number of phenolic OH excluding ortho intramolecular Hbond substituents is 2. The van der Waals surface area contributed by atoms with E-state index in [0.717, 1.165) is 59.9 Å². The molecule has 0 aromatic heterocycles. The first-order valence-electron chi connectivity index (χ1n) is 18.0. The number of allylic oxidation sites excluding steroid dienone is 4. The van der Waals surface area contributed by atoms with E-state index in [1.807, 2.05) is 20.8 Å². The molecule has 0 saturated heterocycles. The lowest BCUT2D eigenvalue weighted by atomic mass is 9.84. The zero-order valence-electron chi connectivity index (χ0n) is 29.9. The Balaban J connectivity index is 0. The van der Waals surface area contributed by atoms with E-state index in [4.69, 9.17) is 0 Å². The zero-order chi connectivity index (χ0) is 33.1. The van der Waals surface area contributed by atoms with Gasteiger partial charge in [-0.15, -0.1) is 0 Å². The van der Waals surface area contributed by atoms with E-state index in [-0.39, 0.29) is 26.4 Å². The lowest BCUT2D eigenvalue weighted by Crippen LogP contribution is -2.20. The smallest absolute Gasteiger partial charge is 0.185 e. The molecule has 4 nitrogen and oxygen atoms in total. The highest BCUT2D eigenvalue weighted by atomic mass is 16.3. The molecular weight excluding hydrogens is 568 g/mol. The van der Waals surface area contributed by atoms with Gasteiger partial charge in [-0.05, 0) is 83.9 Å². The Hall–Kier alpha value is -2.36. The molecule has 0 spiro atoms. The summed E-state index contributed by atoms with van der Waals surface area (Å²) in [7, 11) is 0.